The van der Waals surface area contributed by atoms with Crippen LogP contribution in [0.1, 0.15) is 28.4 Å². The Morgan fingerprint density at radius 3 is 2.61 bits per heavy atom. The zero-order valence-corrected chi connectivity index (χ0v) is 13.1. The third-order valence-corrected chi connectivity index (χ3v) is 4.07. The lowest BCUT2D eigenvalue weighted by Gasteiger charge is -2.16. The molecule has 118 valence electrons. The zero-order chi connectivity index (χ0) is 16.9. The fourth-order valence-electron chi connectivity index (χ4n) is 1.93. The van der Waals surface area contributed by atoms with Gasteiger partial charge in [-0.1, -0.05) is 0 Å². The van der Waals surface area contributed by atoms with Gasteiger partial charge >= 0.3 is 0 Å². The van der Waals surface area contributed by atoms with Gasteiger partial charge < -0.3 is 5.32 Å². The first kappa shape index (κ1) is 16.6. The molecule has 8 heteroatoms. The minimum absolute atomic E-state index is 0.00401. The van der Waals surface area contributed by atoms with Crippen molar-refractivity contribution in [3.05, 3.63) is 54.0 Å². The molecule has 0 fully saturated rings. The number of nitrogens with zero attached hydrogens (tertiary/aromatic N) is 3. The topological polar surface area (TPSA) is 113 Å². The second-order valence-corrected chi connectivity index (χ2v) is 6.79. The number of aromatic nitrogens is 2. The summed E-state index contributed by atoms with van der Waals surface area (Å²) in [5.41, 5.74) is 0.907. The lowest BCUT2D eigenvalue weighted by atomic mass is 10.1. The number of hydrogen-bond donors (Lipinski definition) is 1. The van der Waals surface area contributed by atoms with Crippen LogP contribution < -0.4 is 5.32 Å². The Kier molecular flexibility index (Phi) is 5.03. The van der Waals surface area contributed by atoms with Gasteiger partial charge in [-0.3, -0.25) is 9.78 Å². The molecule has 1 atom stereocenters. The Balaban J connectivity index is 2.29. The van der Waals surface area contributed by atoms with E-state index in [1.165, 1.54) is 24.7 Å². The summed E-state index contributed by atoms with van der Waals surface area (Å²) in [6.07, 6.45) is 5.37. The van der Waals surface area contributed by atoms with Gasteiger partial charge in [-0.15, -0.1) is 0 Å². The molecule has 1 N–H and O–H groups in total. The van der Waals surface area contributed by atoms with Crippen molar-refractivity contribution in [2.24, 2.45) is 0 Å². The zero-order valence-electron chi connectivity index (χ0n) is 12.3. The van der Waals surface area contributed by atoms with Crippen LogP contribution in [0.25, 0.3) is 0 Å². The standard InChI is InChI=1S/C15H14N4O3S/c1-23(21,22)14-10-12(5-9-18-14)13(2-6-16)19-15(20)11-3-7-17-8-4-11/h3-5,7-10,13H,2H2,1H3,(H,19,20)/t13-/m0/s1. The second-order valence-electron chi connectivity index (χ2n) is 4.82. The van der Waals surface area contributed by atoms with E-state index in [1.54, 1.807) is 18.2 Å². The Labute approximate surface area is 133 Å². The minimum atomic E-state index is -3.47. The first-order chi connectivity index (χ1) is 10.9. The molecule has 0 saturated heterocycles. The van der Waals surface area contributed by atoms with Gasteiger partial charge in [0, 0.05) is 30.4 Å². The van der Waals surface area contributed by atoms with E-state index in [9.17, 15) is 13.2 Å². The van der Waals surface area contributed by atoms with Crippen molar-refractivity contribution in [1.82, 2.24) is 15.3 Å². The van der Waals surface area contributed by atoms with E-state index in [2.05, 4.69) is 15.3 Å². The SMILES string of the molecule is CS(=O)(=O)c1cc([C@H](CC#N)NC(=O)c2ccncc2)ccn1. The number of amides is 1. The van der Waals surface area contributed by atoms with Crippen LogP contribution in [0.5, 0.6) is 0 Å². The Morgan fingerprint density at radius 1 is 1.30 bits per heavy atom. The summed E-state index contributed by atoms with van der Waals surface area (Å²) in [6.45, 7) is 0. The molecule has 0 aliphatic heterocycles. The number of hydrogen-bond acceptors (Lipinski definition) is 6. The predicted molar refractivity (Wildman–Crippen MR) is 82.0 cm³/mol. The molecule has 0 radical (unpaired) electrons. The van der Waals surface area contributed by atoms with E-state index < -0.39 is 15.9 Å². The molecule has 0 unspecified atom stereocenters. The molecular weight excluding hydrogens is 316 g/mol. The highest BCUT2D eigenvalue weighted by Gasteiger charge is 2.18. The Hall–Kier alpha value is -2.79. The molecule has 0 aliphatic carbocycles. The summed E-state index contributed by atoms with van der Waals surface area (Å²) in [5, 5.41) is 11.6. The number of sulfone groups is 1. The van der Waals surface area contributed by atoms with Crippen molar-refractivity contribution < 1.29 is 13.2 Å². The number of carbonyl (C=O) groups is 1. The van der Waals surface area contributed by atoms with E-state index in [-0.39, 0.29) is 17.4 Å². The first-order valence-electron chi connectivity index (χ1n) is 6.65. The van der Waals surface area contributed by atoms with Crippen molar-refractivity contribution in [3.8, 4) is 6.07 Å². The number of nitriles is 1. The van der Waals surface area contributed by atoms with E-state index in [0.717, 1.165) is 6.26 Å². The van der Waals surface area contributed by atoms with Crippen molar-refractivity contribution in [2.45, 2.75) is 17.5 Å². The quantitative estimate of drug-likeness (QED) is 0.883. The van der Waals surface area contributed by atoms with Gasteiger partial charge in [-0.2, -0.15) is 5.26 Å². The molecule has 7 nitrogen and oxygen atoms in total. The predicted octanol–water partition coefficient (Wildman–Crippen LogP) is 1.26. The molecule has 1 amide bonds. The highest BCUT2D eigenvalue weighted by Crippen LogP contribution is 2.19. The summed E-state index contributed by atoms with van der Waals surface area (Å²) in [5.74, 6) is -0.370. The molecular formula is C15H14N4O3S. The third-order valence-electron chi connectivity index (χ3n) is 3.08. The normalized spacial score (nSPS) is 12.2. The Morgan fingerprint density at radius 2 is 2.00 bits per heavy atom. The molecule has 2 heterocycles. The summed E-state index contributed by atoms with van der Waals surface area (Å²) in [4.78, 5) is 19.8. The second kappa shape index (κ2) is 6.98. The van der Waals surface area contributed by atoms with Crippen molar-refractivity contribution in [1.29, 1.82) is 5.26 Å². The van der Waals surface area contributed by atoms with Crippen LogP contribution in [0.4, 0.5) is 0 Å². The maximum Gasteiger partial charge on any atom is 0.251 e. The lowest BCUT2D eigenvalue weighted by Crippen LogP contribution is -2.28. The van der Waals surface area contributed by atoms with Gasteiger partial charge in [0.25, 0.3) is 5.91 Å². The maximum absolute atomic E-state index is 12.2. The van der Waals surface area contributed by atoms with Crippen molar-refractivity contribution >= 4 is 15.7 Å². The number of rotatable bonds is 5. The van der Waals surface area contributed by atoms with Crippen LogP contribution in [-0.4, -0.2) is 30.5 Å². The highest BCUT2D eigenvalue weighted by atomic mass is 32.2. The number of nitrogens with one attached hydrogen (secondary N) is 1. The molecule has 23 heavy (non-hydrogen) atoms. The van der Waals surface area contributed by atoms with Gasteiger partial charge in [0.2, 0.25) is 0 Å². The van der Waals surface area contributed by atoms with E-state index in [0.29, 0.717) is 11.1 Å². The number of carbonyl (C=O) groups excluding carboxylic acids is 1. The van der Waals surface area contributed by atoms with Crippen LogP contribution in [0, 0.1) is 11.3 Å². The van der Waals surface area contributed by atoms with E-state index in [1.807, 2.05) is 6.07 Å². The average molecular weight is 330 g/mol. The van der Waals surface area contributed by atoms with Crippen LogP contribution in [0.2, 0.25) is 0 Å². The van der Waals surface area contributed by atoms with E-state index >= 15 is 0 Å². The van der Waals surface area contributed by atoms with E-state index in [4.69, 9.17) is 5.26 Å². The van der Waals surface area contributed by atoms with Gasteiger partial charge in [0.1, 0.15) is 0 Å². The molecule has 0 bridgehead atoms. The fraction of sp³-hybridized carbons (Fsp3) is 0.200. The fourth-order valence-corrected chi connectivity index (χ4v) is 2.54. The molecule has 2 rings (SSSR count). The molecule has 0 aromatic carbocycles. The van der Waals surface area contributed by atoms with Crippen LogP contribution in [0.3, 0.4) is 0 Å². The molecule has 0 saturated carbocycles. The molecule has 2 aromatic heterocycles. The van der Waals surface area contributed by atoms with Crippen LogP contribution in [0.15, 0.2) is 47.9 Å². The molecule has 0 aliphatic rings. The van der Waals surface area contributed by atoms with Gasteiger partial charge in [-0.05, 0) is 29.8 Å². The molecule has 2 aromatic rings. The van der Waals surface area contributed by atoms with Gasteiger partial charge in [-0.25, -0.2) is 13.4 Å². The van der Waals surface area contributed by atoms with Crippen molar-refractivity contribution in [3.63, 3.8) is 0 Å². The molecule has 0 spiro atoms. The Bertz CT molecular complexity index is 845. The third kappa shape index (κ3) is 4.34. The summed E-state index contributed by atoms with van der Waals surface area (Å²) >= 11 is 0. The highest BCUT2D eigenvalue weighted by molar-refractivity contribution is 7.90. The first-order valence-corrected chi connectivity index (χ1v) is 8.55. The number of pyridine rings is 2. The summed E-state index contributed by atoms with van der Waals surface area (Å²) < 4.78 is 23.2. The monoisotopic (exact) mass is 330 g/mol. The maximum atomic E-state index is 12.2. The summed E-state index contributed by atoms with van der Waals surface area (Å²) in [7, 11) is -3.47. The average Bonchev–Trinajstić information content (AvgIpc) is 2.54. The van der Waals surface area contributed by atoms with Crippen molar-refractivity contribution in [2.75, 3.05) is 6.26 Å². The van der Waals surface area contributed by atoms with Crippen LogP contribution in [-0.2, 0) is 9.84 Å². The minimum Gasteiger partial charge on any atom is -0.344 e. The summed E-state index contributed by atoms with van der Waals surface area (Å²) in [6, 6.07) is 7.39. The smallest absolute Gasteiger partial charge is 0.251 e. The van der Waals surface area contributed by atoms with Gasteiger partial charge in [0.15, 0.2) is 14.9 Å². The lowest BCUT2D eigenvalue weighted by molar-refractivity contribution is 0.0937. The largest absolute Gasteiger partial charge is 0.344 e. The van der Waals surface area contributed by atoms with Crippen LogP contribution >= 0.6 is 0 Å². The van der Waals surface area contributed by atoms with Gasteiger partial charge in [0.05, 0.1) is 18.5 Å².